The number of para-hydroxylation sites is 2. The van der Waals surface area contributed by atoms with Crippen LogP contribution < -0.4 is 9.47 Å². The van der Waals surface area contributed by atoms with Gasteiger partial charge in [0.15, 0.2) is 5.78 Å². The van der Waals surface area contributed by atoms with Crippen LogP contribution in [0.1, 0.15) is 29.6 Å². The number of hydrogen-bond donors (Lipinski definition) is 0. The number of carbonyl (C=O) groups is 2. The van der Waals surface area contributed by atoms with Crippen LogP contribution in [-0.2, 0) is 0 Å². The maximum atomic E-state index is 12.4. The van der Waals surface area contributed by atoms with E-state index in [1.165, 1.54) is 0 Å². The van der Waals surface area contributed by atoms with Crippen molar-refractivity contribution < 1.29 is 19.1 Å². The smallest absolute Gasteiger partial charge is 0.415 e. The Morgan fingerprint density at radius 1 is 1.00 bits per heavy atom. The number of likely N-dealkylation sites (tertiary alicyclic amines) is 1. The van der Waals surface area contributed by atoms with Gasteiger partial charge in [-0.3, -0.25) is 4.79 Å². The number of benzene rings is 2. The Morgan fingerprint density at radius 2 is 1.68 bits per heavy atom. The molecule has 25 heavy (non-hydrogen) atoms. The first-order valence-electron chi connectivity index (χ1n) is 8.48. The van der Waals surface area contributed by atoms with Crippen LogP contribution in [0.2, 0.25) is 0 Å². The molecule has 2 heterocycles. The quantitative estimate of drug-likeness (QED) is 0.796. The summed E-state index contributed by atoms with van der Waals surface area (Å²) in [5, 5.41) is 0. The molecule has 0 N–H and O–H groups in total. The van der Waals surface area contributed by atoms with Gasteiger partial charge in [-0.2, -0.15) is 0 Å². The van der Waals surface area contributed by atoms with Gasteiger partial charge in [0.05, 0.1) is 12.0 Å². The summed E-state index contributed by atoms with van der Waals surface area (Å²) in [7, 11) is 0. The molecule has 1 fully saturated rings. The number of hydrogen-bond acceptors (Lipinski definition) is 4. The summed E-state index contributed by atoms with van der Waals surface area (Å²) in [6.45, 7) is 1.03. The van der Waals surface area contributed by atoms with Crippen LogP contribution in [0.25, 0.3) is 0 Å². The minimum absolute atomic E-state index is 0.113. The number of rotatable bonds is 1. The topological polar surface area (TPSA) is 55.8 Å². The van der Waals surface area contributed by atoms with Gasteiger partial charge in [-0.1, -0.05) is 30.3 Å². The van der Waals surface area contributed by atoms with Gasteiger partial charge in [-0.05, 0) is 24.3 Å². The second-order valence-corrected chi connectivity index (χ2v) is 6.55. The average molecular weight is 337 g/mol. The van der Waals surface area contributed by atoms with E-state index >= 15 is 0 Å². The van der Waals surface area contributed by atoms with Crippen molar-refractivity contribution in [1.82, 2.24) is 4.90 Å². The summed E-state index contributed by atoms with van der Waals surface area (Å²) < 4.78 is 11.6. The van der Waals surface area contributed by atoms with Crippen molar-refractivity contribution in [3.63, 3.8) is 0 Å². The molecular weight excluding hydrogens is 318 g/mol. The molecule has 0 radical (unpaired) electrons. The van der Waals surface area contributed by atoms with E-state index in [9.17, 15) is 9.59 Å². The van der Waals surface area contributed by atoms with Gasteiger partial charge in [0.1, 0.15) is 17.1 Å². The molecule has 2 aliphatic heterocycles. The number of carbonyl (C=O) groups excluding carboxylic acids is 2. The molecule has 0 atom stereocenters. The van der Waals surface area contributed by atoms with Crippen LogP contribution in [0.4, 0.5) is 4.79 Å². The number of piperidine rings is 1. The molecule has 1 saturated heterocycles. The van der Waals surface area contributed by atoms with Gasteiger partial charge in [0.2, 0.25) is 0 Å². The molecule has 0 aromatic heterocycles. The van der Waals surface area contributed by atoms with E-state index in [0.29, 0.717) is 49.4 Å². The Morgan fingerprint density at radius 3 is 2.44 bits per heavy atom. The zero-order chi connectivity index (χ0) is 17.3. The number of nitrogens with zero attached hydrogens (tertiary/aromatic N) is 1. The third-order valence-corrected chi connectivity index (χ3v) is 4.88. The van der Waals surface area contributed by atoms with Crippen molar-refractivity contribution in [3.05, 3.63) is 60.2 Å². The van der Waals surface area contributed by atoms with Crippen molar-refractivity contribution in [1.29, 1.82) is 0 Å². The highest BCUT2D eigenvalue weighted by molar-refractivity contribution is 6.00. The molecule has 2 aromatic rings. The molecule has 1 spiro atoms. The fraction of sp³-hybridized carbons (Fsp3) is 0.300. The Labute approximate surface area is 146 Å². The number of amides is 1. The summed E-state index contributed by atoms with van der Waals surface area (Å²) in [5.74, 6) is 1.30. The Kier molecular flexibility index (Phi) is 3.92. The zero-order valence-electron chi connectivity index (χ0n) is 13.8. The van der Waals surface area contributed by atoms with E-state index in [2.05, 4.69) is 0 Å². The molecular formula is C20H19NO4. The molecule has 5 heteroatoms. The van der Waals surface area contributed by atoms with Crippen molar-refractivity contribution in [2.45, 2.75) is 24.9 Å². The predicted octanol–water partition coefficient (Wildman–Crippen LogP) is 3.69. The molecule has 0 saturated carbocycles. The van der Waals surface area contributed by atoms with Crippen LogP contribution in [0, 0.1) is 0 Å². The first kappa shape index (κ1) is 15.7. The lowest BCUT2D eigenvalue weighted by Crippen LogP contribution is -2.52. The fourth-order valence-corrected chi connectivity index (χ4v) is 3.47. The minimum Gasteiger partial charge on any atom is -0.486 e. The van der Waals surface area contributed by atoms with Crippen LogP contribution in [0.5, 0.6) is 11.5 Å². The van der Waals surface area contributed by atoms with Crippen molar-refractivity contribution >= 4 is 11.9 Å². The normalized spacial score (nSPS) is 18.4. The van der Waals surface area contributed by atoms with Crippen molar-refractivity contribution in [3.8, 4) is 11.5 Å². The minimum atomic E-state index is -0.505. The second-order valence-electron chi connectivity index (χ2n) is 6.55. The summed E-state index contributed by atoms with van der Waals surface area (Å²) in [6, 6.07) is 16.4. The Balaban J connectivity index is 1.42. The Bertz CT molecular complexity index is 794. The highest BCUT2D eigenvalue weighted by atomic mass is 16.6. The summed E-state index contributed by atoms with van der Waals surface area (Å²) in [4.78, 5) is 26.4. The SMILES string of the molecule is O=C1CC2(CCN(C(=O)Oc3ccccc3)CC2)Oc2ccccc21. The highest BCUT2D eigenvalue weighted by Crippen LogP contribution is 2.39. The van der Waals surface area contributed by atoms with Crippen LogP contribution in [0.3, 0.4) is 0 Å². The van der Waals surface area contributed by atoms with Crippen LogP contribution in [0.15, 0.2) is 54.6 Å². The predicted molar refractivity (Wildman–Crippen MR) is 92.0 cm³/mol. The van der Waals surface area contributed by atoms with Gasteiger partial charge in [-0.15, -0.1) is 0 Å². The highest BCUT2D eigenvalue weighted by Gasteiger charge is 2.43. The van der Waals surface area contributed by atoms with E-state index in [-0.39, 0.29) is 11.9 Å². The van der Waals surface area contributed by atoms with E-state index in [1.807, 2.05) is 36.4 Å². The van der Waals surface area contributed by atoms with Crippen LogP contribution in [-0.4, -0.2) is 35.5 Å². The maximum Gasteiger partial charge on any atom is 0.415 e. The maximum absolute atomic E-state index is 12.4. The molecule has 2 aromatic carbocycles. The standard InChI is InChI=1S/C20H19NO4/c22-17-14-20(25-18-9-5-4-8-16(17)18)10-12-21(13-11-20)19(23)24-15-6-2-1-3-7-15/h1-9H,10-14H2. The third-order valence-electron chi connectivity index (χ3n) is 4.88. The molecule has 0 unspecified atom stereocenters. The van der Waals surface area contributed by atoms with Gasteiger partial charge >= 0.3 is 6.09 Å². The number of Topliss-reactive ketones (excluding diaryl/α,β-unsaturated/α-hetero) is 1. The largest absolute Gasteiger partial charge is 0.486 e. The lowest BCUT2D eigenvalue weighted by Gasteiger charge is -2.43. The van der Waals surface area contributed by atoms with Gasteiger partial charge in [-0.25, -0.2) is 4.79 Å². The van der Waals surface area contributed by atoms with Crippen LogP contribution >= 0.6 is 0 Å². The number of ketones is 1. The molecule has 0 bridgehead atoms. The number of ether oxygens (including phenoxy) is 2. The molecule has 1 amide bonds. The first-order chi connectivity index (χ1) is 12.2. The van der Waals surface area contributed by atoms with E-state index < -0.39 is 5.60 Å². The van der Waals surface area contributed by atoms with E-state index in [4.69, 9.17) is 9.47 Å². The van der Waals surface area contributed by atoms with Gasteiger partial charge in [0, 0.05) is 25.9 Å². The third kappa shape index (κ3) is 3.09. The molecule has 2 aliphatic rings. The lowest BCUT2D eigenvalue weighted by atomic mass is 9.82. The second kappa shape index (κ2) is 6.24. The monoisotopic (exact) mass is 337 g/mol. The van der Waals surface area contributed by atoms with Crippen molar-refractivity contribution in [2.24, 2.45) is 0 Å². The molecule has 4 rings (SSSR count). The Hall–Kier alpha value is -2.82. The lowest BCUT2D eigenvalue weighted by molar-refractivity contribution is -0.00439. The van der Waals surface area contributed by atoms with E-state index in [1.54, 1.807) is 23.1 Å². The fourth-order valence-electron chi connectivity index (χ4n) is 3.47. The average Bonchev–Trinajstić information content (AvgIpc) is 2.63. The van der Waals surface area contributed by atoms with Crippen molar-refractivity contribution in [2.75, 3.05) is 13.1 Å². The number of fused-ring (bicyclic) bond motifs is 1. The summed E-state index contributed by atoms with van der Waals surface area (Å²) >= 11 is 0. The molecule has 128 valence electrons. The van der Waals surface area contributed by atoms with Gasteiger partial charge < -0.3 is 14.4 Å². The zero-order valence-corrected chi connectivity index (χ0v) is 13.8. The molecule has 0 aliphatic carbocycles. The van der Waals surface area contributed by atoms with E-state index in [0.717, 1.165) is 0 Å². The summed E-state index contributed by atoms with van der Waals surface area (Å²) in [6.07, 6.45) is 1.25. The van der Waals surface area contributed by atoms with Gasteiger partial charge in [0.25, 0.3) is 0 Å². The first-order valence-corrected chi connectivity index (χ1v) is 8.48. The summed E-state index contributed by atoms with van der Waals surface area (Å²) in [5.41, 5.74) is 0.147. The molecule has 5 nitrogen and oxygen atoms in total.